The zero-order chi connectivity index (χ0) is 19.1. The Balaban J connectivity index is 1.99. The van der Waals surface area contributed by atoms with Gasteiger partial charge in [0.05, 0.1) is 27.8 Å². The number of hydrogen-bond acceptors (Lipinski definition) is 6. The molecule has 0 radical (unpaired) electrons. The third kappa shape index (κ3) is 4.75. The molecule has 0 bridgehead atoms. The van der Waals surface area contributed by atoms with E-state index in [9.17, 15) is 9.59 Å². The molecule has 0 aliphatic heterocycles. The van der Waals surface area contributed by atoms with Gasteiger partial charge in [0.2, 0.25) is 0 Å². The van der Waals surface area contributed by atoms with Gasteiger partial charge in [0.1, 0.15) is 5.75 Å². The van der Waals surface area contributed by atoms with E-state index < -0.39 is 5.97 Å². The minimum Gasteiger partial charge on any atom is -0.496 e. The predicted molar refractivity (Wildman–Crippen MR) is 96.3 cm³/mol. The molecule has 0 saturated carbocycles. The van der Waals surface area contributed by atoms with Crippen molar-refractivity contribution in [3.8, 4) is 17.2 Å². The minimum atomic E-state index is -0.497. The van der Waals surface area contributed by atoms with Crippen molar-refractivity contribution in [1.82, 2.24) is 0 Å². The Morgan fingerprint density at radius 3 is 2.15 bits per heavy atom. The van der Waals surface area contributed by atoms with Crippen LogP contribution in [0.1, 0.15) is 21.5 Å². The van der Waals surface area contributed by atoms with Gasteiger partial charge in [-0.1, -0.05) is 17.7 Å². The fourth-order valence-electron chi connectivity index (χ4n) is 2.49. The lowest BCUT2D eigenvalue weighted by atomic mass is 10.1. The van der Waals surface area contributed by atoms with Crippen LogP contribution < -0.4 is 14.2 Å². The maximum atomic E-state index is 12.2. The number of methoxy groups -OCH3 is 3. The lowest BCUT2D eigenvalue weighted by molar-refractivity contribution is -0.141. The fourth-order valence-corrected chi connectivity index (χ4v) is 2.49. The first-order valence-corrected chi connectivity index (χ1v) is 8.02. The summed E-state index contributed by atoms with van der Waals surface area (Å²) >= 11 is 0. The number of benzene rings is 2. The van der Waals surface area contributed by atoms with E-state index in [4.69, 9.17) is 18.9 Å². The van der Waals surface area contributed by atoms with Crippen LogP contribution >= 0.6 is 0 Å². The number of ketones is 1. The molecule has 2 rings (SSSR count). The van der Waals surface area contributed by atoms with Crippen LogP contribution in [0.25, 0.3) is 0 Å². The van der Waals surface area contributed by atoms with Crippen molar-refractivity contribution in [1.29, 1.82) is 0 Å². The first-order valence-electron chi connectivity index (χ1n) is 8.02. The number of ether oxygens (including phenoxy) is 4. The maximum Gasteiger partial charge on any atom is 0.310 e. The normalized spacial score (nSPS) is 10.2. The van der Waals surface area contributed by atoms with E-state index in [1.165, 1.54) is 14.2 Å². The highest BCUT2D eigenvalue weighted by molar-refractivity contribution is 5.98. The van der Waals surface area contributed by atoms with Gasteiger partial charge in [-0.2, -0.15) is 0 Å². The van der Waals surface area contributed by atoms with Crippen molar-refractivity contribution >= 4 is 11.8 Å². The summed E-state index contributed by atoms with van der Waals surface area (Å²) in [5, 5.41) is 0. The highest BCUT2D eigenvalue weighted by Gasteiger charge is 2.15. The molecule has 0 aliphatic carbocycles. The Morgan fingerprint density at radius 1 is 0.846 bits per heavy atom. The second kappa shape index (κ2) is 8.89. The summed E-state index contributed by atoms with van der Waals surface area (Å²) in [4.78, 5) is 24.3. The van der Waals surface area contributed by atoms with E-state index in [1.807, 2.05) is 19.1 Å². The third-order valence-corrected chi connectivity index (χ3v) is 3.84. The smallest absolute Gasteiger partial charge is 0.310 e. The van der Waals surface area contributed by atoms with Crippen LogP contribution in [0.4, 0.5) is 0 Å². The summed E-state index contributed by atoms with van der Waals surface area (Å²) in [7, 11) is 4.54. The number of rotatable bonds is 8. The zero-order valence-electron chi connectivity index (χ0n) is 15.3. The molecule has 138 valence electrons. The molecule has 0 unspecified atom stereocenters. The summed E-state index contributed by atoms with van der Waals surface area (Å²) in [6.07, 6.45) is 0.0318. The van der Waals surface area contributed by atoms with E-state index in [-0.39, 0.29) is 18.8 Å². The number of aryl methyl sites for hydroxylation is 1. The van der Waals surface area contributed by atoms with Gasteiger partial charge in [0.25, 0.3) is 0 Å². The Hall–Kier alpha value is -3.02. The molecule has 0 N–H and O–H groups in total. The highest BCUT2D eigenvalue weighted by Crippen LogP contribution is 2.27. The van der Waals surface area contributed by atoms with Crippen LogP contribution in [0.2, 0.25) is 0 Å². The quantitative estimate of drug-likeness (QED) is 0.534. The van der Waals surface area contributed by atoms with Crippen LogP contribution in [-0.4, -0.2) is 39.7 Å². The zero-order valence-corrected chi connectivity index (χ0v) is 15.3. The van der Waals surface area contributed by atoms with Gasteiger partial charge in [-0.25, -0.2) is 0 Å². The van der Waals surface area contributed by atoms with Crippen molar-refractivity contribution in [2.45, 2.75) is 13.3 Å². The molecule has 2 aromatic rings. The van der Waals surface area contributed by atoms with Crippen LogP contribution in [0.3, 0.4) is 0 Å². The number of carbonyl (C=O) groups is 2. The van der Waals surface area contributed by atoms with Crippen LogP contribution in [0.5, 0.6) is 17.2 Å². The van der Waals surface area contributed by atoms with E-state index in [0.29, 0.717) is 22.8 Å². The average molecular weight is 358 g/mol. The van der Waals surface area contributed by atoms with Gasteiger partial charge in [-0.05, 0) is 31.2 Å². The predicted octanol–water partition coefficient (Wildman–Crippen LogP) is 2.99. The highest BCUT2D eigenvalue weighted by atomic mass is 16.5. The maximum absolute atomic E-state index is 12.2. The van der Waals surface area contributed by atoms with E-state index in [2.05, 4.69) is 0 Å². The van der Waals surface area contributed by atoms with Crippen molar-refractivity contribution in [2.24, 2.45) is 0 Å². The van der Waals surface area contributed by atoms with Crippen LogP contribution in [-0.2, 0) is 16.0 Å². The van der Waals surface area contributed by atoms with Crippen molar-refractivity contribution in [3.63, 3.8) is 0 Å². The first-order chi connectivity index (χ1) is 12.5. The Bertz CT molecular complexity index is 797. The SMILES string of the molecule is COc1ccc(C)cc1CC(=O)OCC(=O)c1ccc(OC)c(OC)c1. The summed E-state index contributed by atoms with van der Waals surface area (Å²) in [6.45, 7) is 1.58. The third-order valence-electron chi connectivity index (χ3n) is 3.84. The largest absolute Gasteiger partial charge is 0.496 e. The summed E-state index contributed by atoms with van der Waals surface area (Å²) < 4.78 is 20.7. The molecule has 2 aromatic carbocycles. The van der Waals surface area contributed by atoms with Gasteiger partial charge in [-0.3, -0.25) is 9.59 Å². The molecule has 6 heteroatoms. The lowest BCUT2D eigenvalue weighted by Gasteiger charge is -2.10. The van der Waals surface area contributed by atoms with E-state index >= 15 is 0 Å². The molecule has 0 amide bonds. The Labute approximate surface area is 152 Å². The van der Waals surface area contributed by atoms with Crippen molar-refractivity contribution < 1.29 is 28.5 Å². The second-order valence-corrected chi connectivity index (χ2v) is 5.65. The molecule has 0 saturated heterocycles. The summed E-state index contributed by atoms with van der Waals surface area (Å²) in [5.74, 6) is 0.749. The molecule has 0 aliphatic rings. The molecular formula is C20H22O6. The molecule has 0 aromatic heterocycles. The number of carbonyl (C=O) groups excluding carboxylic acids is 2. The van der Waals surface area contributed by atoms with Gasteiger partial charge in [-0.15, -0.1) is 0 Å². The Kier molecular flexibility index (Phi) is 6.60. The number of Topliss-reactive ketones (excluding diaryl/α,β-unsaturated/α-hetero) is 1. The van der Waals surface area contributed by atoms with E-state index in [1.54, 1.807) is 31.4 Å². The van der Waals surface area contributed by atoms with Crippen molar-refractivity contribution in [2.75, 3.05) is 27.9 Å². The molecule has 0 spiro atoms. The average Bonchev–Trinajstić information content (AvgIpc) is 2.65. The molecule has 6 nitrogen and oxygen atoms in total. The summed E-state index contributed by atoms with van der Waals surface area (Å²) in [5.41, 5.74) is 2.11. The monoisotopic (exact) mass is 358 g/mol. The number of esters is 1. The minimum absolute atomic E-state index is 0.0318. The molecule has 26 heavy (non-hydrogen) atoms. The molecule has 0 fully saturated rings. The van der Waals surface area contributed by atoms with Crippen LogP contribution in [0.15, 0.2) is 36.4 Å². The van der Waals surface area contributed by atoms with Gasteiger partial charge in [0.15, 0.2) is 23.9 Å². The topological polar surface area (TPSA) is 71.1 Å². The second-order valence-electron chi connectivity index (χ2n) is 5.65. The molecule has 0 heterocycles. The van der Waals surface area contributed by atoms with Crippen molar-refractivity contribution in [3.05, 3.63) is 53.1 Å². The Morgan fingerprint density at radius 2 is 1.50 bits per heavy atom. The van der Waals surface area contributed by atoms with Gasteiger partial charge >= 0.3 is 5.97 Å². The van der Waals surface area contributed by atoms with Gasteiger partial charge in [0, 0.05) is 11.1 Å². The van der Waals surface area contributed by atoms with E-state index in [0.717, 1.165) is 11.1 Å². The summed E-state index contributed by atoms with van der Waals surface area (Å²) in [6, 6.07) is 10.3. The standard InChI is InChI=1S/C20H22O6/c1-13-5-7-17(23-2)15(9-13)11-20(22)26-12-16(21)14-6-8-18(24-3)19(10-14)25-4/h5-10H,11-12H2,1-4H3. The number of hydrogen-bond donors (Lipinski definition) is 0. The van der Waals surface area contributed by atoms with Crippen LogP contribution in [0, 0.1) is 6.92 Å². The molecule has 0 atom stereocenters. The lowest BCUT2D eigenvalue weighted by Crippen LogP contribution is -2.16. The van der Waals surface area contributed by atoms with Gasteiger partial charge < -0.3 is 18.9 Å². The molecular weight excluding hydrogens is 336 g/mol. The first kappa shape index (κ1) is 19.3. The fraction of sp³-hybridized carbons (Fsp3) is 0.300.